The number of nitrogens with one attached hydrogen (secondary N) is 1. The van der Waals surface area contributed by atoms with E-state index in [0.717, 1.165) is 174 Å². The summed E-state index contributed by atoms with van der Waals surface area (Å²) in [6.07, 6.45) is 28.5. The highest BCUT2D eigenvalue weighted by atomic mass is 79.9. The second-order valence-electron chi connectivity index (χ2n) is 27.6. The van der Waals surface area contributed by atoms with Gasteiger partial charge in [-0.05, 0) is 161 Å². The molecule has 5 aliphatic heterocycles. The fourth-order valence-corrected chi connectivity index (χ4v) is 14.2. The molecule has 12 aromatic rings. The monoisotopic (exact) mass is 1740 g/mol. The van der Waals surface area contributed by atoms with Gasteiger partial charge in [0.1, 0.15) is 47.7 Å². The van der Waals surface area contributed by atoms with Crippen molar-refractivity contribution < 1.29 is 52.1 Å². The van der Waals surface area contributed by atoms with Crippen LogP contribution in [0, 0.1) is 0 Å². The van der Waals surface area contributed by atoms with Crippen LogP contribution < -0.4 is 57.1 Å². The van der Waals surface area contributed by atoms with Crippen LogP contribution in [0.3, 0.4) is 0 Å². The van der Waals surface area contributed by atoms with Gasteiger partial charge in [0.05, 0.1) is 59.6 Å². The zero-order valence-electron chi connectivity index (χ0n) is 66.4. The summed E-state index contributed by atoms with van der Waals surface area (Å²) in [4.78, 5) is 78.7. The standard InChI is InChI=1S/C15H23N5O3.C14H20BrN5O2.C14H21N5O2.C10H10Cl2N4O.C10H12ClN5O.C10H15N5O2/c1-3-4-8-23-14-18-12(16)11-13(19-14)20(15(17-11)21-2)10-7-5-6-9-22-10;1-2-3-7-22-14-18-11(16)10-12(19-14)20(13(15)17-10)9-6-4-5-8-21-9;1-2-3-7-21-14-17-12(15)11-13(18-14)19(9-16-11)10-6-4-5-8-20-10;11-8-7-9(15-10(12)14-8)16(5-13-7)6-3-1-2-4-17-6;11-10-14-8(12)7-9(15-10)16(5-13-7)6-3-1-2-4-17-6;1-3-4-5-17-10-13-7(11)6-8(15-10)14-9(12-6)16-2/h10H,3-9H2,1-2H3,(H2,16,18,19);9H,2-8H2,1H3,(H2,16,18,19);9-10H,2-8H2,1H3,(H2,15,17,18);5-6H,1-4H2;5-6H,1-4H2,(H2,12,14,15);3-5H2,1-2H3,(H3,11,12,13,14,15). The molecule has 0 aliphatic carbocycles. The number of nitrogens with two attached hydrogens (primary N) is 5. The molecule has 0 saturated carbocycles. The van der Waals surface area contributed by atoms with Crippen molar-refractivity contribution in [2.75, 3.05) is 102 Å². The van der Waals surface area contributed by atoms with Gasteiger partial charge in [-0.2, -0.15) is 64.8 Å². The molecule has 5 saturated heterocycles. The Hall–Kier alpha value is -9.75. The first kappa shape index (κ1) is 86.6. The molecule has 44 heteroatoms. The van der Waals surface area contributed by atoms with Gasteiger partial charge in [-0.15, -0.1) is 0 Å². The molecule has 0 bridgehead atoms. The minimum absolute atomic E-state index is 0.0264. The molecule has 0 aromatic carbocycles. The normalized spacial score (nSPS) is 18.2. The minimum atomic E-state index is -0.151. The molecule has 40 nitrogen and oxygen atoms in total. The summed E-state index contributed by atoms with van der Waals surface area (Å²) in [6, 6.07) is 1.90. The Morgan fingerprint density at radius 3 is 1.20 bits per heavy atom. The number of H-pyrrole nitrogens is 1. The molecule has 0 amide bonds. The number of imidazole rings is 6. The van der Waals surface area contributed by atoms with E-state index in [-0.39, 0.29) is 64.7 Å². The maximum Gasteiger partial charge on any atom is 0.320 e. The maximum atomic E-state index is 6.02. The number of nitrogen functional groups attached to an aromatic ring is 5. The fourth-order valence-electron chi connectivity index (χ4n) is 13.0. The van der Waals surface area contributed by atoms with E-state index >= 15 is 0 Å². The Morgan fingerprint density at radius 2 is 0.761 bits per heavy atom. The number of hydrogen-bond acceptors (Lipinski definition) is 34. The van der Waals surface area contributed by atoms with E-state index in [2.05, 4.69) is 138 Å². The number of methoxy groups -OCH3 is 2. The molecule has 17 rings (SSSR count). The van der Waals surface area contributed by atoms with Gasteiger partial charge in [0.25, 0.3) is 6.01 Å². The molecule has 5 atom stereocenters. The van der Waals surface area contributed by atoms with Crippen molar-refractivity contribution in [3.63, 3.8) is 0 Å². The van der Waals surface area contributed by atoms with Crippen LogP contribution >= 0.6 is 50.7 Å². The number of ether oxygens (including phenoxy) is 11. The lowest BCUT2D eigenvalue weighted by atomic mass is 10.2. The van der Waals surface area contributed by atoms with Gasteiger partial charge in [0, 0.05) is 33.0 Å². The molecule has 5 unspecified atom stereocenters. The zero-order valence-corrected chi connectivity index (χ0v) is 70.3. The smallest absolute Gasteiger partial charge is 0.320 e. The number of nitrogens with zero attached hydrogens (tertiary/aromatic N) is 23. The Kier molecular flexibility index (Phi) is 31.5. The van der Waals surface area contributed by atoms with Crippen LogP contribution in [0.4, 0.5) is 29.1 Å². The van der Waals surface area contributed by atoms with Crippen molar-refractivity contribution >= 4 is 147 Å². The summed E-state index contributed by atoms with van der Waals surface area (Å²) in [5.74, 6) is 1.56. The van der Waals surface area contributed by atoms with E-state index in [1.54, 1.807) is 26.1 Å². The lowest BCUT2D eigenvalue weighted by molar-refractivity contribution is -0.0335. The fraction of sp³-hybridized carbons (Fsp3) is 0.589. The quantitative estimate of drug-likeness (QED) is 0.0150. The predicted octanol–water partition coefficient (Wildman–Crippen LogP) is 13.3. The van der Waals surface area contributed by atoms with Crippen molar-refractivity contribution in [2.24, 2.45) is 0 Å². The maximum absolute atomic E-state index is 6.02. The highest BCUT2D eigenvalue weighted by Gasteiger charge is 2.30. The van der Waals surface area contributed by atoms with Crippen LogP contribution in [-0.4, -0.2) is 191 Å². The number of fused-ring (bicyclic) bond motifs is 6. The Bertz CT molecular complexity index is 5080. The van der Waals surface area contributed by atoms with Gasteiger partial charge < -0.3 is 85.8 Å². The number of aromatic amines is 1. The lowest BCUT2D eigenvalue weighted by Gasteiger charge is -2.24. The van der Waals surface area contributed by atoms with Crippen molar-refractivity contribution in [3.05, 3.63) is 39.4 Å². The van der Waals surface area contributed by atoms with Crippen molar-refractivity contribution in [1.29, 1.82) is 0 Å². The second-order valence-corrected chi connectivity index (χ2v) is 29.4. The number of hydrogen-bond donors (Lipinski definition) is 6. The van der Waals surface area contributed by atoms with Gasteiger partial charge in [-0.1, -0.05) is 65.0 Å². The number of rotatable bonds is 23. The van der Waals surface area contributed by atoms with E-state index in [0.29, 0.717) is 152 Å². The Labute approximate surface area is 696 Å². The zero-order chi connectivity index (χ0) is 82.3. The Morgan fingerprint density at radius 1 is 0.393 bits per heavy atom. The molecule has 5 aliphatic rings. The van der Waals surface area contributed by atoms with E-state index in [1.807, 2.05) is 22.8 Å². The third kappa shape index (κ3) is 22.0. The third-order valence-corrected chi connectivity index (χ3v) is 20.3. The van der Waals surface area contributed by atoms with Crippen molar-refractivity contribution in [2.45, 2.75) is 207 Å². The molecule has 11 N–H and O–H groups in total. The molecule has 117 heavy (non-hydrogen) atoms. The number of unbranched alkanes of at least 4 members (excludes halogenated alkanes) is 4. The third-order valence-electron chi connectivity index (χ3n) is 19.1. The molecule has 12 aromatic heterocycles. The summed E-state index contributed by atoms with van der Waals surface area (Å²) in [7, 11) is 3.09. The molecule has 632 valence electrons. The first-order chi connectivity index (χ1) is 57.0. The van der Waals surface area contributed by atoms with Crippen LogP contribution in [-0.2, 0) is 23.7 Å². The van der Waals surface area contributed by atoms with Crippen LogP contribution in [0.25, 0.3) is 67.0 Å². The molecule has 5 fully saturated rings. The van der Waals surface area contributed by atoms with Gasteiger partial charge in [0.15, 0.2) is 89.4 Å². The van der Waals surface area contributed by atoms with Crippen LogP contribution in [0.15, 0.2) is 23.7 Å². The highest BCUT2D eigenvalue weighted by molar-refractivity contribution is 9.10. The van der Waals surface area contributed by atoms with Crippen LogP contribution in [0.5, 0.6) is 36.1 Å². The van der Waals surface area contributed by atoms with E-state index < -0.39 is 0 Å². The van der Waals surface area contributed by atoms with Crippen LogP contribution in [0.1, 0.15) is 207 Å². The largest absolute Gasteiger partial charge is 0.468 e. The van der Waals surface area contributed by atoms with Crippen LogP contribution in [0.2, 0.25) is 15.7 Å². The minimum Gasteiger partial charge on any atom is -0.468 e. The predicted molar refractivity (Wildman–Crippen MR) is 442 cm³/mol. The summed E-state index contributed by atoms with van der Waals surface area (Å²) < 4.78 is 71.4. The SMILES string of the molecule is CCCCOc1nc(N)c2[nH]c(OC)nc2n1.CCCCOc1nc(N)c2nc(Br)n(C3CCCCO3)c2n1.CCCCOc1nc(N)c2nc(OC)n(C3CCCCO3)c2n1.CCCCOc1nc(N)c2ncn(C3CCCCO3)c2n1.Clc1nc(Cl)c2ncn(C3CCCCO3)c2n1.Nc1nc(Cl)nc2c1ncn2C1CCCCO1. The van der Waals surface area contributed by atoms with Gasteiger partial charge in [-0.3, -0.25) is 22.8 Å². The number of anilines is 5. The second kappa shape index (κ2) is 42.6. The average molecular weight is 1750 g/mol. The average Bonchev–Trinajstić information content (AvgIpc) is 1.67. The summed E-state index contributed by atoms with van der Waals surface area (Å²) in [6.45, 7) is 14.5. The van der Waals surface area contributed by atoms with E-state index in [9.17, 15) is 0 Å². The summed E-state index contributed by atoms with van der Waals surface area (Å²) >= 11 is 21.0. The Balaban J connectivity index is 0.000000130. The number of aromatic nitrogens is 24. The van der Waals surface area contributed by atoms with Gasteiger partial charge in [-0.25, -0.2) is 24.9 Å². The first-order valence-electron chi connectivity index (χ1n) is 39.7. The number of halogens is 4. The molecule has 0 radical (unpaired) electrons. The highest BCUT2D eigenvalue weighted by Crippen LogP contribution is 2.37. The van der Waals surface area contributed by atoms with Crippen molar-refractivity contribution in [1.82, 2.24) is 118 Å². The topological polar surface area (TPSA) is 504 Å². The van der Waals surface area contributed by atoms with E-state index in [1.165, 1.54) is 7.11 Å². The van der Waals surface area contributed by atoms with Gasteiger partial charge >= 0.3 is 30.1 Å². The summed E-state index contributed by atoms with van der Waals surface area (Å²) in [5, 5.41) is 0.530. The van der Waals surface area contributed by atoms with Crippen molar-refractivity contribution in [3.8, 4) is 36.1 Å². The van der Waals surface area contributed by atoms with E-state index in [4.69, 9.17) is 116 Å². The van der Waals surface area contributed by atoms with Gasteiger partial charge in [0.2, 0.25) is 10.6 Å². The summed E-state index contributed by atoms with van der Waals surface area (Å²) in [5.41, 5.74) is 36.5. The molecule has 0 spiro atoms. The molecular weight excluding hydrogens is 1650 g/mol. The molecule has 17 heterocycles. The first-order valence-corrected chi connectivity index (χ1v) is 41.6. The lowest BCUT2D eigenvalue weighted by Crippen LogP contribution is -2.19. The molecular formula is C73H101BrCl3N29O11.